The normalized spacial score (nSPS) is 13.2. The Morgan fingerprint density at radius 3 is 2.62 bits per heavy atom. The molecule has 0 rings (SSSR count). The Balaban J connectivity index is 3.21. The minimum absolute atomic E-state index is 0.375. The van der Waals surface area contributed by atoms with Crippen LogP contribution in [0, 0.1) is 0 Å². The van der Waals surface area contributed by atoms with Crippen LogP contribution in [-0.2, 0) is 4.79 Å². The molecular formula is C5H11NO2. The van der Waals surface area contributed by atoms with Crippen LogP contribution in [0.15, 0.2) is 0 Å². The lowest BCUT2D eigenvalue weighted by Crippen LogP contribution is -2.26. The quantitative estimate of drug-likeness (QED) is 0.412. The molecule has 0 bridgehead atoms. The van der Waals surface area contributed by atoms with Crippen LogP contribution in [0.1, 0.15) is 19.8 Å². The van der Waals surface area contributed by atoms with Gasteiger partial charge in [0, 0.05) is 0 Å². The van der Waals surface area contributed by atoms with Gasteiger partial charge in [-0.05, 0) is 6.42 Å². The lowest BCUT2D eigenvalue weighted by Gasteiger charge is -2.02. The van der Waals surface area contributed by atoms with E-state index in [-0.39, 0.29) is 6.04 Å². The van der Waals surface area contributed by atoms with Gasteiger partial charge in [-0.3, -0.25) is 0 Å². The molecule has 2 N–H and O–H groups in total. The van der Waals surface area contributed by atoms with Crippen LogP contribution < -0.4 is 5.48 Å². The van der Waals surface area contributed by atoms with E-state index in [0.29, 0.717) is 12.7 Å². The van der Waals surface area contributed by atoms with Crippen molar-refractivity contribution in [2.24, 2.45) is 0 Å². The van der Waals surface area contributed by atoms with E-state index in [1.165, 1.54) is 0 Å². The van der Waals surface area contributed by atoms with Crippen LogP contribution in [0.3, 0.4) is 0 Å². The molecule has 3 nitrogen and oxygen atoms in total. The van der Waals surface area contributed by atoms with E-state index in [1.54, 1.807) is 0 Å². The summed E-state index contributed by atoms with van der Waals surface area (Å²) >= 11 is 0. The summed E-state index contributed by atoms with van der Waals surface area (Å²) in [6.07, 6.45) is 2.29. The first-order valence-electron chi connectivity index (χ1n) is 2.70. The van der Waals surface area contributed by atoms with E-state index in [2.05, 4.69) is 0 Å². The standard InChI is InChI=1S/C5H11NO2/c1-2-3-5(4-7)6-8/h4-6,8H,2-3H2,1H3. The van der Waals surface area contributed by atoms with E-state index in [0.717, 1.165) is 6.42 Å². The lowest BCUT2D eigenvalue weighted by molar-refractivity contribution is -0.112. The van der Waals surface area contributed by atoms with E-state index in [1.807, 2.05) is 12.4 Å². The summed E-state index contributed by atoms with van der Waals surface area (Å²) in [5.41, 5.74) is 1.88. The van der Waals surface area contributed by atoms with Crippen molar-refractivity contribution in [2.45, 2.75) is 25.8 Å². The minimum Gasteiger partial charge on any atom is -0.316 e. The van der Waals surface area contributed by atoms with Gasteiger partial charge >= 0.3 is 0 Å². The van der Waals surface area contributed by atoms with Crippen molar-refractivity contribution in [3.8, 4) is 0 Å². The second-order valence-electron chi connectivity index (χ2n) is 1.66. The van der Waals surface area contributed by atoms with Gasteiger partial charge in [-0.2, -0.15) is 5.48 Å². The van der Waals surface area contributed by atoms with Crippen LogP contribution >= 0.6 is 0 Å². The van der Waals surface area contributed by atoms with Crippen LogP contribution in [0.5, 0.6) is 0 Å². The molecule has 0 heterocycles. The molecular weight excluding hydrogens is 106 g/mol. The number of aldehydes is 1. The second-order valence-corrected chi connectivity index (χ2v) is 1.66. The van der Waals surface area contributed by atoms with E-state index >= 15 is 0 Å². The maximum atomic E-state index is 9.90. The molecule has 0 radical (unpaired) electrons. The van der Waals surface area contributed by atoms with Gasteiger partial charge in [0.1, 0.15) is 6.29 Å². The summed E-state index contributed by atoms with van der Waals surface area (Å²) in [7, 11) is 0. The van der Waals surface area contributed by atoms with Crippen molar-refractivity contribution in [1.82, 2.24) is 5.48 Å². The predicted molar refractivity (Wildman–Crippen MR) is 29.7 cm³/mol. The van der Waals surface area contributed by atoms with Gasteiger partial charge in [0.05, 0.1) is 6.04 Å². The molecule has 1 atom stereocenters. The first-order valence-corrected chi connectivity index (χ1v) is 2.70. The Hall–Kier alpha value is -0.410. The number of hydroxylamine groups is 1. The van der Waals surface area contributed by atoms with Crippen molar-refractivity contribution in [1.29, 1.82) is 0 Å². The first kappa shape index (κ1) is 7.59. The molecule has 0 saturated carbocycles. The number of nitrogens with one attached hydrogen (secondary N) is 1. The molecule has 0 spiro atoms. The molecule has 0 aromatic heterocycles. The molecule has 0 saturated heterocycles. The van der Waals surface area contributed by atoms with Gasteiger partial charge < -0.3 is 10.0 Å². The smallest absolute Gasteiger partial charge is 0.139 e. The largest absolute Gasteiger partial charge is 0.316 e. The highest BCUT2D eigenvalue weighted by Gasteiger charge is 2.00. The third kappa shape index (κ3) is 2.71. The summed E-state index contributed by atoms with van der Waals surface area (Å²) in [5, 5.41) is 8.18. The fourth-order valence-electron chi connectivity index (χ4n) is 0.474. The van der Waals surface area contributed by atoms with Crippen LogP contribution in [0.4, 0.5) is 0 Å². The molecule has 48 valence electrons. The molecule has 0 aliphatic carbocycles. The van der Waals surface area contributed by atoms with Crippen LogP contribution in [0.25, 0.3) is 0 Å². The van der Waals surface area contributed by atoms with Gasteiger partial charge in [0.25, 0.3) is 0 Å². The Morgan fingerprint density at radius 2 is 2.50 bits per heavy atom. The summed E-state index contributed by atoms with van der Waals surface area (Å²) < 4.78 is 0. The van der Waals surface area contributed by atoms with Gasteiger partial charge in [-0.15, -0.1) is 0 Å². The average Bonchev–Trinajstić information content (AvgIpc) is 1.83. The number of rotatable bonds is 4. The lowest BCUT2D eigenvalue weighted by atomic mass is 10.2. The third-order valence-electron chi connectivity index (χ3n) is 0.930. The van der Waals surface area contributed by atoms with E-state index in [9.17, 15) is 4.79 Å². The van der Waals surface area contributed by atoms with Crippen molar-refractivity contribution < 1.29 is 10.0 Å². The zero-order valence-electron chi connectivity index (χ0n) is 4.92. The van der Waals surface area contributed by atoms with E-state index in [4.69, 9.17) is 5.21 Å². The Morgan fingerprint density at radius 1 is 1.88 bits per heavy atom. The molecule has 0 aliphatic heterocycles. The highest BCUT2D eigenvalue weighted by atomic mass is 16.5. The fourth-order valence-corrected chi connectivity index (χ4v) is 0.474. The molecule has 0 aromatic carbocycles. The molecule has 0 fully saturated rings. The van der Waals surface area contributed by atoms with Gasteiger partial charge in [0.15, 0.2) is 0 Å². The molecule has 0 aliphatic rings. The fraction of sp³-hybridized carbons (Fsp3) is 0.800. The van der Waals surface area contributed by atoms with Crippen molar-refractivity contribution in [3.63, 3.8) is 0 Å². The Kier molecular flexibility index (Phi) is 4.50. The zero-order chi connectivity index (χ0) is 6.41. The maximum absolute atomic E-state index is 9.90. The second kappa shape index (κ2) is 4.74. The van der Waals surface area contributed by atoms with Gasteiger partial charge in [-0.1, -0.05) is 13.3 Å². The van der Waals surface area contributed by atoms with Crippen molar-refractivity contribution >= 4 is 6.29 Å². The highest BCUT2D eigenvalue weighted by Crippen LogP contribution is 1.90. The SMILES string of the molecule is CCCC(C=O)NO. The summed E-state index contributed by atoms with van der Waals surface area (Å²) in [6.45, 7) is 1.95. The van der Waals surface area contributed by atoms with Gasteiger partial charge in [0.2, 0.25) is 0 Å². The first-order chi connectivity index (χ1) is 3.85. The molecule has 0 aromatic rings. The monoisotopic (exact) mass is 117 g/mol. The van der Waals surface area contributed by atoms with Crippen LogP contribution in [0.2, 0.25) is 0 Å². The number of hydrogen-bond acceptors (Lipinski definition) is 3. The summed E-state index contributed by atoms with van der Waals surface area (Å²) in [4.78, 5) is 9.90. The predicted octanol–water partition coefficient (Wildman–Crippen LogP) is 0.333. The summed E-state index contributed by atoms with van der Waals surface area (Å²) in [5.74, 6) is 0. The van der Waals surface area contributed by atoms with Crippen LogP contribution in [-0.4, -0.2) is 17.5 Å². The van der Waals surface area contributed by atoms with Gasteiger partial charge in [-0.25, -0.2) is 0 Å². The minimum atomic E-state index is -0.375. The van der Waals surface area contributed by atoms with Crippen molar-refractivity contribution in [2.75, 3.05) is 0 Å². The van der Waals surface area contributed by atoms with E-state index < -0.39 is 0 Å². The molecule has 1 unspecified atom stereocenters. The topological polar surface area (TPSA) is 49.3 Å². The molecule has 0 amide bonds. The Bertz CT molecular complexity index is 65.4. The number of carbonyl (C=O) groups excluding carboxylic acids is 1. The average molecular weight is 117 g/mol. The summed E-state index contributed by atoms with van der Waals surface area (Å²) in [6, 6.07) is -0.375. The molecule has 3 heteroatoms. The highest BCUT2D eigenvalue weighted by molar-refractivity contribution is 5.56. The number of carbonyl (C=O) groups is 1. The van der Waals surface area contributed by atoms with Crippen molar-refractivity contribution in [3.05, 3.63) is 0 Å². The Labute approximate surface area is 48.7 Å². The maximum Gasteiger partial charge on any atom is 0.139 e. The third-order valence-corrected chi connectivity index (χ3v) is 0.930. The zero-order valence-corrected chi connectivity index (χ0v) is 4.92. The molecule has 8 heavy (non-hydrogen) atoms. The number of hydrogen-bond donors (Lipinski definition) is 2.